The van der Waals surface area contributed by atoms with E-state index in [0.717, 1.165) is 28.2 Å². The van der Waals surface area contributed by atoms with Crippen LogP contribution in [-0.2, 0) is 6.54 Å². The summed E-state index contributed by atoms with van der Waals surface area (Å²) in [6, 6.07) is 7.92. The van der Waals surface area contributed by atoms with Crippen molar-refractivity contribution < 1.29 is 5.11 Å². The van der Waals surface area contributed by atoms with Gasteiger partial charge in [-0.05, 0) is 18.6 Å². The van der Waals surface area contributed by atoms with Gasteiger partial charge in [-0.1, -0.05) is 19.1 Å². The Morgan fingerprint density at radius 1 is 1.37 bits per heavy atom. The van der Waals surface area contributed by atoms with E-state index in [1.165, 1.54) is 0 Å². The Bertz CT molecular complexity index is 696. The van der Waals surface area contributed by atoms with E-state index >= 15 is 0 Å². The molecule has 2 aromatic heterocycles. The highest BCUT2D eigenvalue weighted by molar-refractivity contribution is 7.21. The van der Waals surface area contributed by atoms with Gasteiger partial charge in [-0.25, -0.2) is 4.98 Å². The molecule has 0 aliphatic rings. The fourth-order valence-electron chi connectivity index (χ4n) is 2.18. The first-order chi connectivity index (χ1) is 9.20. The molecule has 3 aromatic rings. The van der Waals surface area contributed by atoms with Crippen molar-refractivity contribution in [3.05, 3.63) is 30.5 Å². The van der Waals surface area contributed by atoms with E-state index < -0.39 is 0 Å². The van der Waals surface area contributed by atoms with E-state index in [0.29, 0.717) is 11.4 Å². The van der Waals surface area contributed by atoms with Gasteiger partial charge in [-0.3, -0.25) is 0 Å². The monoisotopic (exact) mass is 273 g/mol. The van der Waals surface area contributed by atoms with Gasteiger partial charge in [0.1, 0.15) is 16.6 Å². The second-order valence-electron chi connectivity index (χ2n) is 4.45. The van der Waals surface area contributed by atoms with Crippen LogP contribution in [0.5, 0.6) is 5.75 Å². The van der Waals surface area contributed by atoms with Gasteiger partial charge in [0.05, 0.1) is 15.8 Å². The minimum atomic E-state index is 0.199. The van der Waals surface area contributed by atoms with Crippen LogP contribution in [0.4, 0.5) is 5.82 Å². The first-order valence-electron chi connectivity index (χ1n) is 6.24. The maximum Gasteiger partial charge on any atom is 0.145 e. The van der Waals surface area contributed by atoms with Crippen LogP contribution >= 0.6 is 11.3 Å². The Morgan fingerprint density at radius 2 is 2.16 bits per heavy atom. The first kappa shape index (κ1) is 12.0. The Hall–Kier alpha value is -2.01. The summed E-state index contributed by atoms with van der Waals surface area (Å²) in [4.78, 5) is 4.54. The first-order valence-corrected chi connectivity index (χ1v) is 7.06. The number of hydrogen-bond donors (Lipinski definition) is 2. The number of benzene rings is 1. The molecule has 19 heavy (non-hydrogen) atoms. The van der Waals surface area contributed by atoms with Gasteiger partial charge >= 0.3 is 0 Å². The summed E-state index contributed by atoms with van der Waals surface area (Å²) in [5, 5.41) is 10.9. The highest BCUT2D eigenvalue weighted by Crippen LogP contribution is 2.40. The molecule has 1 aromatic carbocycles. The number of nitrogens with two attached hydrogens (primary N) is 1. The number of nitrogens with zero attached hydrogens (tertiary/aromatic N) is 2. The van der Waals surface area contributed by atoms with Gasteiger partial charge in [0.2, 0.25) is 0 Å². The number of thiazole rings is 1. The van der Waals surface area contributed by atoms with E-state index in [9.17, 15) is 5.11 Å². The lowest BCUT2D eigenvalue weighted by Gasteiger charge is -2.03. The molecule has 0 aliphatic heterocycles. The maximum absolute atomic E-state index is 10.1. The Labute approximate surface area is 115 Å². The fraction of sp³-hybridized carbons (Fsp3) is 0.214. The Balaban J connectivity index is 2.15. The van der Waals surface area contributed by atoms with Crippen molar-refractivity contribution in [1.29, 1.82) is 0 Å². The van der Waals surface area contributed by atoms with Crippen LogP contribution in [0, 0.1) is 0 Å². The van der Waals surface area contributed by atoms with E-state index in [4.69, 9.17) is 5.73 Å². The highest BCUT2D eigenvalue weighted by Gasteiger charge is 2.18. The maximum atomic E-state index is 10.1. The van der Waals surface area contributed by atoms with Gasteiger partial charge < -0.3 is 15.4 Å². The third-order valence-electron chi connectivity index (χ3n) is 3.07. The largest absolute Gasteiger partial charge is 0.506 e. The molecule has 0 unspecified atom stereocenters. The van der Waals surface area contributed by atoms with Crippen LogP contribution in [0.25, 0.3) is 20.8 Å². The van der Waals surface area contributed by atoms with Gasteiger partial charge in [-0.15, -0.1) is 11.3 Å². The lowest BCUT2D eigenvalue weighted by Crippen LogP contribution is -2.01. The lowest BCUT2D eigenvalue weighted by molar-refractivity contribution is 0.474. The van der Waals surface area contributed by atoms with Crippen LogP contribution in [0.3, 0.4) is 0 Å². The summed E-state index contributed by atoms with van der Waals surface area (Å²) in [7, 11) is 0. The van der Waals surface area contributed by atoms with E-state index in [1.807, 2.05) is 28.8 Å². The van der Waals surface area contributed by atoms with Gasteiger partial charge in [0.25, 0.3) is 0 Å². The molecule has 0 spiro atoms. The second kappa shape index (κ2) is 4.59. The predicted molar refractivity (Wildman–Crippen MR) is 79.4 cm³/mol. The van der Waals surface area contributed by atoms with Gasteiger partial charge in [-0.2, -0.15) is 0 Å². The summed E-state index contributed by atoms with van der Waals surface area (Å²) in [5.41, 5.74) is 7.70. The number of rotatable bonds is 3. The normalized spacial score (nSPS) is 11.2. The molecule has 0 radical (unpaired) electrons. The molecule has 2 heterocycles. The zero-order valence-electron chi connectivity index (χ0n) is 10.6. The fourth-order valence-corrected chi connectivity index (χ4v) is 3.21. The molecular weight excluding hydrogens is 258 g/mol. The number of para-hydroxylation sites is 1. The molecule has 0 atom stereocenters. The molecule has 4 nitrogen and oxygen atoms in total. The zero-order valence-corrected chi connectivity index (χ0v) is 11.4. The summed E-state index contributed by atoms with van der Waals surface area (Å²) < 4.78 is 2.97. The van der Waals surface area contributed by atoms with Crippen molar-refractivity contribution in [2.75, 3.05) is 5.73 Å². The SMILES string of the molecule is CCCn1cc(O)c(-c2nc3ccccc3s2)c1N. The summed E-state index contributed by atoms with van der Waals surface area (Å²) in [5.74, 6) is 0.781. The van der Waals surface area contributed by atoms with Crippen molar-refractivity contribution >= 4 is 27.4 Å². The Kier molecular flexibility index (Phi) is 2.91. The molecule has 0 bridgehead atoms. The zero-order chi connectivity index (χ0) is 13.4. The lowest BCUT2D eigenvalue weighted by atomic mass is 10.3. The van der Waals surface area contributed by atoms with Crippen LogP contribution in [0.2, 0.25) is 0 Å². The number of fused-ring (bicyclic) bond motifs is 1. The molecule has 0 aliphatic carbocycles. The molecule has 3 N–H and O–H groups in total. The van der Waals surface area contributed by atoms with Crippen LogP contribution in [-0.4, -0.2) is 14.7 Å². The van der Waals surface area contributed by atoms with E-state index in [-0.39, 0.29) is 5.75 Å². The molecule has 0 fully saturated rings. The number of hydrogen-bond acceptors (Lipinski definition) is 4. The standard InChI is InChI=1S/C14H15N3OS/c1-2-7-17-8-10(18)12(13(17)15)14-16-9-5-3-4-6-11(9)19-14/h3-6,8,18H,2,7,15H2,1H3. The second-order valence-corrected chi connectivity index (χ2v) is 5.49. The number of aryl methyl sites for hydroxylation is 1. The van der Waals surface area contributed by atoms with Crippen LogP contribution in [0.15, 0.2) is 30.5 Å². The van der Waals surface area contributed by atoms with Crippen molar-refractivity contribution in [2.45, 2.75) is 19.9 Å². The van der Waals surface area contributed by atoms with Crippen molar-refractivity contribution in [2.24, 2.45) is 0 Å². The molecule has 0 amide bonds. The van der Waals surface area contributed by atoms with Crippen molar-refractivity contribution in [3.63, 3.8) is 0 Å². The highest BCUT2D eigenvalue weighted by atomic mass is 32.1. The molecule has 5 heteroatoms. The third kappa shape index (κ3) is 1.96. The topological polar surface area (TPSA) is 64.1 Å². The predicted octanol–water partition coefficient (Wildman–Crippen LogP) is 3.46. The quantitative estimate of drug-likeness (QED) is 0.768. The van der Waals surface area contributed by atoms with Gasteiger partial charge in [0, 0.05) is 12.7 Å². The van der Waals surface area contributed by atoms with Gasteiger partial charge in [0.15, 0.2) is 0 Å². The number of aromatic nitrogens is 2. The molecular formula is C14H15N3OS. The number of nitrogen functional groups attached to an aromatic ring is 1. The van der Waals surface area contributed by atoms with Crippen LogP contribution < -0.4 is 5.73 Å². The van der Waals surface area contributed by atoms with E-state index in [1.54, 1.807) is 17.5 Å². The molecule has 98 valence electrons. The Morgan fingerprint density at radius 3 is 2.89 bits per heavy atom. The molecule has 0 saturated heterocycles. The van der Waals surface area contributed by atoms with Crippen molar-refractivity contribution in [3.8, 4) is 16.3 Å². The molecule has 0 saturated carbocycles. The minimum absolute atomic E-state index is 0.199. The molecule has 3 rings (SSSR count). The number of anilines is 1. The summed E-state index contributed by atoms with van der Waals surface area (Å²) in [6.07, 6.45) is 2.65. The van der Waals surface area contributed by atoms with E-state index in [2.05, 4.69) is 11.9 Å². The third-order valence-corrected chi connectivity index (χ3v) is 4.13. The smallest absolute Gasteiger partial charge is 0.145 e. The number of aromatic hydroxyl groups is 1. The average molecular weight is 273 g/mol. The average Bonchev–Trinajstić information content (AvgIpc) is 2.91. The summed E-state index contributed by atoms with van der Waals surface area (Å²) in [6.45, 7) is 2.87. The minimum Gasteiger partial charge on any atom is -0.506 e. The van der Waals surface area contributed by atoms with Crippen LogP contribution in [0.1, 0.15) is 13.3 Å². The van der Waals surface area contributed by atoms with Crippen molar-refractivity contribution in [1.82, 2.24) is 9.55 Å². The summed E-state index contributed by atoms with van der Waals surface area (Å²) >= 11 is 1.55.